The Morgan fingerprint density at radius 3 is 2.24 bits per heavy atom. The summed E-state index contributed by atoms with van der Waals surface area (Å²) >= 11 is 5.38. The number of benzene rings is 2. The molecule has 0 amide bonds. The Hall–Kier alpha value is -2.71. The molecule has 0 radical (unpaired) electrons. The molecule has 29 heavy (non-hydrogen) atoms. The highest BCUT2D eigenvalue weighted by molar-refractivity contribution is 7.80. The SMILES string of the molecule is CN1c2ccc(NC(=S)Nc3ccc([N+](=O)[O-])cc3)cc2C(C)(C)C(O)C1(C)C. The van der Waals surface area contributed by atoms with Crippen LogP contribution < -0.4 is 15.5 Å². The number of aliphatic hydroxyl groups is 1. The van der Waals surface area contributed by atoms with E-state index in [0.717, 1.165) is 16.9 Å². The molecule has 8 heteroatoms. The molecular weight excluding hydrogens is 388 g/mol. The second kappa shape index (κ2) is 7.27. The predicted molar refractivity (Wildman–Crippen MR) is 121 cm³/mol. The average molecular weight is 415 g/mol. The van der Waals surface area contributed by atoms with Crippen molar-refractivity contribution in [2.24, 2.45) is 0 Å². The van der Waals surface area contributed by atoms with Crippen LogP contribution in [0.5, 0.6) is 0 Å². The smallest absolute Gasteiger partial charge is 0.269 e. The van der Waals surface area contributed by atoms with Gasteiger partial charge in [-0.05, 0) is 62.0 Å². The highest BCUT2D eigenvalue weighted by Gasteiger charge is 2.48. The first kappa shape index (κ1) is 21.0. The van der Waals surface area contributed by atoms with E-state index in [-0.39, 0.29) is 5.69 Å². The molecule has 7 nitrogen and oxygen atoms in total. The zero-order valence-corrected chi connectivity index (χ0v) is 18.0. The minimum atomic E-state index is -0.548. The number of thiocarbonyl (C=S) groups is 1. The van der Waals surface area contributed by atoms with Gasteiger partial charge in [0.05, 0.1) is 16.6 Å². The lowest BCUT2D eigenvalue weighted by Gasteiger charge is -2.53. The molecule has 0 saturated heterocycles. The first-order chi connectivity index (χ1) is 13.4. The fourth-order valence-electron chi connectivity index (χ4n) is 3.91. The molecule has 1 heterocycles. The number of rotatable bonds is 3. The van der Waals surface area contributed by atoms with E-state index in [1.807, 2.05) is 52.9 Å². The monoisotopic (exact) mass is 414 g/mol. The van der Waals surface area contributed by atoms with Crippen molar-refractivity contribution in [1.29, 1.82) is 0 Å². The number of fused-ring (bicyclic) bond motifs is 1. The number of hydrogen-bond donors (Lipinski definition) is 3. The Labute approximate surface area is 175 Å². The molecule has 0 aromatic heterocycles. The van der Waals surface area contributed by atoms with Gasteiger partial charge in [-0.15, -0.1) is 0 Å². The summed E-state index contributed by atoms with van der Waals surface area (Å²) in [6.45, 7) is 8.17. The molecule has 0 fully saturated rings. The summed E-state index contributed by atoms with van der Waals surface area (Å²) in [5, 5.41) is 28.3. The Morgan fingerprint density at radius 2 is 1.66 bits per heavy atom. The second-order valence-corrected chi connectivity index (χ2v) is 8.86. The van der Waals surface area contributed by atoms with Crippen LogP contribution in [0, 0.1) is 10.1 Å². The third-order valence-electron chi connectivity index (χ3n) is 5.86. The normalized spacial score (nSPS) is 19.2. The predicted octanol–water partition coefficient (Wildman–Crippen LogP) is 4.27. The first-order valence-electron chi connectivity index (χ1n) is 9.33. The number of nitrogens with one attached hydrogen (secondary N) is 2. The maximum atomic E-state index is 11.0. The van der Waals surface area contributed by atoms with Crippen molar-refractivity contribution in [2.75, 3.05) is 22.6 Å². The molecule has 3 rings (SSSR count). The highest BCUT2D eigenvalue weighted by atomic mass is 32.1. The van der Waals surface area contributed by atoms with Gasteiger partial charge in [0, 0.05) is 41.7 Å². The molecule has 0 aliphatic carbocycles. The van der Waals surface area contributed by atoms with Gasteiger partial charge < -0.3 is 20.6 Å². The standard InChI is InChI=1S/C21H26N4O3S/c1-20(2)16-12-14(8-11-17(16)24(5)21(3,4)18(20)26)23-19(29)22-13-6-9-15(10-7-13)25(27)28/h6-12,18,26H,1-5H3,(H2,22,23,29). The van der Waals surface area contributed by atoms with Crippen LogP contribution in [0.25, 0.3) is 0 Å². The highest BCUT2D eigenvalue weighted by Crippen LogP contribution is 2.47. The number of likely N-dealkylation sites (N-methyl/N-ethyl adjacent to an activating group) is 1. The number of hydrogen-bond acceptors (Lipinski definition) is 5. The molecule has 2 aromatic rings. The Morgan fingerprint density at radius 1 is 1.10 bits per heavy atom. The zero-order valence-electron chi connectivity index (χ0n) is 17.2. The van der Waals surface area contributed by atoms with Crippen molar-refractivity contribution in [2.45, 2.75) is 44.8 Å². The lowest BCUT2D eigenvalue weighted by molar-refractivity contribution is -0.384. The molecular formula is C21H26N4O3S. The molecule has 1 atom stereocenters. The van der Waals surface area contributed by atoms with Crippen LogP contribution in [0.4, 0.5) is 22.7 Å². The van der Waals surface area contributed by atoms with Crippen LogP contribution in [-0.4, -0.2) is 33.8 Å². The summed E-state index contributed by atoms with van der Waals surface area (Å²) in [7, 11) is 1.99. The maximum Gasteiger partial charge on any atom is 0.269 e. The van der Waals surface area contributed by atoms with Gasteiger partial charge in [0.15, 0.2) is 5.11 Å². The summed E-state index contributed by atoms with van der Waals surface area (Å²) in [5.41, 5.74) is 2.77. The fourth-order valence-corrected chi connectivity index (χ4v) is 4.14. The number of nitrogens with zero attached hydrogens (tertiary/aromatic N) is 2. The van der Waals surface area contributed by atoms with E-state index in [9.17, 15) is 15.2 Å². The van der Waals surface area contributed by atoms with Crippen LogP contribution in [0.2, 0.25) is 0 Å². The van der Waals surface area contributed by atoms with E-state index in [1.165, 1.54) is 12.1 Å². The molecule has 1 aliphatic rings. The van der Waals surface area contributed by atoms with Crippen molar-refractivity contribution in [3.8, 4) is 0 Å². The molecule has 0 spiro atoms. The zero-order chi connectivity index (χ0) is 21.6. The van der Waals surface area contributed by atoms with E-state index >= 15 is 0 Å². The van der Waals surface area contributed by atoms with Gasteiger partial charge in [-0.1, -0.05) is 13.8 Å². The van der Waals surface area contributed by atoms with Crippen LogP contribution in [-0.2, 0) is 5.41 Å². The van der Waals surface area contributed by atoms with Gasteiger partial charge in [0.2, 0.25) is 0 Å². The van der Waals surface area contributed by atoms with Crippen molar-refractivity contribution in [3.05, 3.63) is 58.1 Å². The molecule has 1 aliphatic heterocycles. The molecule has 0 saturated carbocycles. The quantitative estimate of drug-likeness (QED) is 0.392. The van der Waals surface area contributed by atoms with Gasteiger partial charge in [-0.3, -0.25) is 10.1 Å². The summed E-state index contributed by atoms with van der Waals surface area (Å²) in [4.78, 5) is 12.4. The van der Waals surface area contributed by atoms with Crippen molar-refractivity contribution < 1.29 is 10.0 Å². The van der Waals surface area contributed by atoms with Gasteiger partial charge in [-0.2, -0.15) is 0 Å². The Balaban J connectivity index is 1.80. The summed E-state index contributed by atoms with van der Waals surface area (Å²) in [5.74, 6) is 0. The Kier molecular flexibility index (Phi) is 5.27. The lowest BCUT2D eigenvalue weighted by atomic mass is 9.67. The van der Waals surface area contributed by atoms with E-state index < -0.39 is 22.0 Å². The average Bonchev–Trinajstić information content (AvgIpc) is 2.66. The van der Waals surface area contributed by atoms with Crippen molar-refractivity contribution in [1.82, 2.24) is 0 Å². The molecule has 3 N–H and O–H groups in total. The number of aliphatic hydroxyl groups excluding tert-OH is 1. The molecule has 154 valence electrons. The number of anilines is 3. The van der Waals surface area contributed by atoms with Gasteiger partial charge in [0.1, 0.15) is 0 Å². The minimum Gasteiger partial charge on any atom is -0.390 e. The molecule has 0 bridgehead atoms. The number of nitro benzene ring substituents is 1. The maximum absolute atomic E-state index is 11.0. The van der Waals surface area contributed by atoms with E-state index in [4.69, 9.17) is 12.2 Å². The third kappa shape index (κ3) is 3.77. The van der Waals surface area contributed by atoms with Crippen LogP contribution in [0.1, 0.15) is 33.3 Å². The van der Waals surface area contributed by atoms with Crippen LogP contribution in [0.3, 0.4) is 0 Å². The molecule has 2 aromatic carbocycles. The topological polar surface area (TPSA) is 90.7 Å². The molecule has 1 unspecified atom stereocenters. The fraction of sp³-hybridized carbons (Fsp3) is 0.381. The lowest BCUT2D eigenvalue weighted by Crippen LogP contribution is -2.61. The third-order valence-corrected chi connectivity index (χ3v) is 6.07. The van der Waals surface area contributed by atoms with Gasteiger partial charge >= 0.3 is 0 Å². The van der Waals surface area contributed by atoms with Crippen molar-refractivity contribution >= 4 is 40.1 Å². The van der Waals surface area contributed by atoms with Gasteiger partial charge in [-0.25, -0.2) is 0 Å². The summed E-state index contributed by atoms with van der Waals surface area (Å²) in [6.07, 6.45) is -0.548. The van der Waals surface area contributed by atoms with E-state index in [0.29, 0.717) is 10.8 Å². The van der Waals surface area contributed by atoms with E-state index in [2.05, 4.69) is 15.5 Å². The van der Waals surface area contributed by atoms with Crippen LogP contribution >= 0.6 is 12.2 Å². The number of nitro groups is 1. The minimum absolute atomic E-state index is 0.0250. The largest absolute Gasteiger partial charge is 0.390 e. The Bertz CT molecular complexity index is 957. The van der Waals surface area contributed by atoms with Crippen LogP contribution in [0.15, 0.2) is 42.5 Å². The second-order valence-electron chi connectivity index (χ2n) is 8.45. The van der Waals surface area contributed by atoms with E-state index in [1.54, 1.807) is 12.1 Å². The summed E-state index contributed by atoms with van der Waals surface area (Å²) < 4.78 is 0. The first-order valence-corrected chi connectivity index (χ1v) is 9.74. The van der Waals surface area contributed by atoms with Crippen molar-refractivity contribution in [3.63, 3.8) is 0 Å². The number of non-ortho nitro benzene ring substituents is 1. The van der Waals surface area contributed by atoms with Gasteiger partial charge in [0.25, 0.3) is 5.69 Å². The summed E-state index contributed by atoms with van der Waals surface area (Å²) in [6, 6.07) is 12.0.